The Bertz CT molecular complexity index is 344. The first-order valence-corrected chi connectivity index (χ1v) is 4.73. The van der Waals surface area contributed by atoms with Crippen LogP contribution in [0.15, 0.2) is 12.4 Å². The first-order valence-electron chi connectivity index (χ1n) is 4.73. The van der Waals surface area contributed by atoms with E-state index in [0.29, 0.717) is 6.54 Å². The third kappa shape index (κ3) is 1.50. The van der Waals surface area contributed by atoms with E-state index in [0.717, 1.165) is 18.9 Å². The first kappa shape index (κ1) is 9.21. The largest absolute Gasteiger partial charge is 0.332 e. The monoisotopic (exact) mass is 194 g/mol. The van der Waals surface area contributed by atoms with Crippen LogP contribution in [-0.4, -0.2) is 32.9 Å². The Kier molecular flexibility index (Phi) is 2.25. The van der Waals surface area contributed by atoms with Crippen molar-refractivity contribution in [2.75, 3.05) is 6.54 Å². The molecule has 0 radical (unpaired) electrons. The molecule has 1 aliphatic heterocycles. The van der Waals surface area contributed by atoms with E-state index < -0.39 is 6.04 Å². The molecular weight excluding hydrogens is 180 g/mol. The SMILES string of the molecule is C[C@@H](N)C(=O)N1CCn2ccnc2C1. The number of hydrogen-bond acceptors (Lipinski definition) is 3. The number of nitrogens with zero attached hydrogens (tertiary/aromatic N) is 3. The molecule has 2 N–H and O–H groups in total. The van der Waals surface area contributed by atoms with E-state index in [-0.39, 0.29) is 5.91 Å². The summed E-state index contributed by atoms with van der Waals surface area (Å²) in [6.45, 7) is 3.83. The summed E-state index contributed by atoms with van der Waals surface area (Å²) in [4.78, 5) is 17.5. The second-order valence-electron chi connectivity index (χ2n) is 3.59. The van der Waals surface area contributed by atoms with Crippen molar-refractivity contribution in [3.8, 4) is 0 Å². The topological polar surface area (TPSA) is 64.2 Å². The smallest absolute Gasteiger partial charge is 0.239 e. The van der Waals surface area contributed by atoms with Gasteiger partial charge in [-0.15, -0.1) is 0 Å². The van der Waals surface area contributed by atoms with E-state index in [1.807, 2.05) is 6.20 Å². The number of amides is 1. The van der Waals surface area contributed by atoms with Crippen LogP contribution in [0.5, 0.6) is 0 Å². The predicted octanol–water partition coefficient (Wildman–Crippen LogP) is -0.427. The molecular formula is C9H14N4O. The minimum absolute atomic E-state index is 0.000694. The van der Waals surface area contributed by atoms with Gasteiger partial charge in [-0.05, 0) is 6.92 Å². The summed E-state index contributed by atoms with van der Waals surface area (Å²) in [5.74, 6) is 0.935. The Morgan fingerprint density at radius 3 is 3.14 bits per heavy atom. The molecule has 0 bridgehead atoms. The number of carbonyl (C=O) groups is 1. The van der Waals surface area contributed by atoms with Gasteiger partial charge in [0.2, 0.25) is 5.91 Å². The minimum atomic E-state index is -0.420. The lowest BCUT2D eigenvalue weighted by molar-refractivity contribution is -0.133. The van der Waals surface area contributed by atoms with E-state index in [1.54, 1.807) is 18.0 Å². The molecule has 5 nitrogen and oxygen atoms in total. The zero-order valence-corrected chi connectivity index (χ0v) is 8.18. The number of fused-ring (bicyclic) bond motifs is 1. The number of carbonyl (C=O) groups excluding carboxylic acids is 1. The van der Waals surface area contributed by atoms with Crippen molar-refractivity contribution < 1.29 is 4.79 Å². The molecule has 76 valence electrons. The third-order valence-electron chi connectivity index (χ3n) is 2.45. The first-order chi connectivity index (χ1) is 6.68. The van der Waals surface area contributed by atoms with Crippen LogP contribution in [0.4, 0.5) is 0 Å². The Morgan fingerprint density at radius 1 is 1.64 bits per heavy atom. The van der Waals surface area contributed by atoms with Gasteiger partial charge in [-0.3, -0.25) is 4.79 Å². The third-order valence-corrected chi connectivity index (χ3v) is 2.45. The molecule has 0 fully saturated rings. The van der Waals surface area contributed by atoms with Crippen molar-refractivity contribution in [1.29, 1.82) is 0 Å². The fraction of sp³-hybridized carbons (Fsp3) is 0.556. The molecule has 0 unspecified atom stereocenters. The molecule has 2 heterocycles. The molecule has 1 amide bonds. The molecule has 1 aromatic rings. The zero-order valence-electron chi connectivity index (χ0n) is 8.18. The van der Waals surface area contributed by atoms with Gasteiger partial charge in [0, 0.05) is 25.5 Å². The lowest BCUT2D eigenvalue weighted by atomic mass is 10.2. The van der Waals surface area contributed by atoms with E-state index in [9.17, 15) is 4.79 Å². The number of rotatable bonds is 1. The Hall–Kier alpha value is -1.36. The lowest BCUT2D eigenvalue weighted by Gasteiger charge is -2.28. The molecule has 1 aromatic heterocycles. The van der Waals surface area contributed by atoms with Gasteiger partial charge in [-0.2, -0.15) is 0 Å². The van der Waals surface area contributed by atoms with Crippen molar-refractivity contribution in [3.05, 3.63) is 18.2 Å². The Morgan fingerprint density at radius 2 is 2.43 bits per heavy atom. The van der Waals surface area contributed by atoms with Gasteiger partial charge in [-0.1, -0.05) is 0 Å². The zero-order chi connectivity index (χ0) is 10.1. The van der Waals surface area contributed by atoms with Crippen LogP contribution in [-0.2, 0) is 17.9 Å². The number of hydrogen-bond donors (Lipinski definition) is 1. The summed E-state index contributed by atoms with van der Waals surface area (Å²) in [5.41, 5.74) is 5.54. The molecule has 0 aromatic carbocycles. The summed E-state index contributed by atoms with van der Waals surface area (Å²) < 4.78 is 2.06. The van der Waals surface area contributed by atoms with Gasteiger partial charge in [-0.25, -0.2) is 4.98 Å². The van der Waals surface area contributed by atoms with Gasteiger partial charge in [0.05, 0.1) is 12.6 Å². The highest BCUT2D eigenvalue weighted by atomic mass is 16.2. The van der Waals surface area contributed by atoms with E-state index in [4.69, 9.17) is 5.73 Å². The minimum Gasteiger partial charge on any atom is -0.332 e. The maximum Gasteiger partial charge on any atom is 0.239 e. The highest BCUT2D eigenvalue weighted by Gasteiger charge is 2.22. The maximum atomic E-state index is 11.6. The molecule has 14 heavy (non-hydrogen) atoms. The number of nitrogens with two attached hydrogens (primary N) is 1. The maximum absolute atomic E-state index is 11.6. The summed E-state index contributed by atoms with van der Waals surface area (Å²) in [7, 11) is 0. The summed E-state index contributed by atoms with van der Waals surface area (Å²) in [6, 6.07) is -0.420. The van der Waals surface area contributed by atoms with Crippen LogP contribution >= 0.6 is 0 Å². The normalized spacial score (nSPS) is 17.7. The van der Waals surface area contributed by atoms with Crippen LogP contribution in [0, 0.1) is 0 Å². The second kappa shape index (κ2) is 3.42. The van der Waals surface area contributed by atoms with Crippen LogP contribution in [0.2, 0.25) is 0 Å². The Balaban J connectivity index is 2.11. The van der Waals surface area contributed by atoms with Crippen molar-refractivity contribution >= 4 is 5.91 Å². The number of aromatic nitrogens is 2. The van der Waals surface area contributed by atoms with Gasteiger partial charge < -0.3 is 15.2 Å². The fourth-order valence-corrected chi connectivity index (χ4v) is 1.65. The highest BCUT2D eigenvalue weighted by molar-refractivity contribution is 5.81. The van der Waals surface area contributed by atoms with Crippen LogP contribution in [0.3, 0.4) is 0 Å². The molecule has 1 aliphatic rings. The molecule has 0 spiro atoms. The van der Waals surface area contributed by atoms with Crippen LogP contribution in [0.1, 0.15) is 12.7 Å². The predicted molar refractivity (Wildman–Crippen MR) is 51.3 cm³/mol. The van der Waals surface area contributed by atoms with Crippen molar-refractivity contribution in [1.82, 2.24) is 14.5 Å². The summed E-state index contributed by atoms with van der Waals surface area (Å²) in [6.07, 6.45) is 3.69. The quantitative estimate of drug-likeness (QED) is 0.660. The molecule has 0 saturated heterocycles. The lowest BCUT2D eigenvalue weighted by Crippen LogP contribution is -2.45. The average Bonchev–Trinajstić information content (AvgIpc) is 2.62. The highest BCUT2D eigenvalue weighted by Crippen LogP contribution is 2.10. The van der Waals surface area contributed by atoms with E-state index >= 15 is 0 Å². The fourth-order valence-electron chi connectivity index (χ4n) is 1.65. The van der Waals surface area contributed by atoms with Crippen molar-refractivity contribution in [3.63, 3.8) is 0 Å². The summed E-state index contributed by atoms with van der Waals surface area (Å²) in [5, 5.41) is 0. The van der Waals surface area contributed by atoms with Crippen LogP contribution in [0.25, 0.3) is 0 Å². The average molecular weight is 194 g/mol. The molecule has 1 atom stereocenters. The number of imidazole rings is 1. The van der Waals surface area contributed by atoms with E-state index in [2.05, 4.69) is 9.55 Å². The van der Waals surface area contributed by atoms with Crippen LogP contribution < -0.4 is 5.73 Å². The summed E-state index contributed by atoms with van der Waals surface area (Å²) >= 11 is 0. The van der Waals surface area contributed by atoms with Gasteiger partial charge in [0.15, 0.2) is 0 Å². The van der Waals surface area contributed by atoms with E-state index in [1.165, 1.54) is 0 Å². The van der Waals surface area contributed by atoms with Gasteiger partial charge in [0.1, 0.15) is 5.82 Å². The van der Waals surface area contributed by atoms with Gasteiger partial charge in [0.25, 0.3) is 0 Å². The molecule has 2 rings (SSSR count). The van der Waals surface area contributed by atoms with Crippen molar-refractivity contribution in [2.24, 2.45) is 5.73 Å². The molecule has 5 heteroatoms. The Labute approximate surface area is 82.5 Å². The standard InChI is InChI=1S/C9H14N4O/c1-7(10)9(14)13-5-4-12-3-2-11-8(12)6-13/h2-3,7H,4-6,10H2,1H3/t7-/m1/s1. The van der Waals surface area contributed by atoms with Gasteiger partial charge >= 0.3 is 0 Å². The van der Waals surface area contributed by atoms with Crippen molar-refractivity contribution in [2.45, 2.75) is 26.1 Å². The molecule has 0 aliphatic carbocycles. The molecule has 0 saturated carbocycles. The second-order valence-corrected chi connectivity index (χ2v) is 3.59.